The van der Waals surface area contributed by atoms with Gasteiger partial charge in [-0.05, 0) is 37.8 Å². The first kappa shape index (κ1) is 15.1. The molecule has 0 atom stereocenters. The topological polar surface area (TPSA) is 45.6 Å². The molecule has 4 nitrogen and oxygen atoms in total. The van der Waals surface area contributed by atoms with Crippen molar-refractivity contribution in [2.75, 3.05) is 0 Å². The van der Waals surface area contributed by atoms with Gasteiger partial charge in [0.25, 0.3) is 5.91 Å². The fourth-order valence-electron chi connectivity index (χ4n) is 1.81. The van der Waals surface area contributed by atoms with E-state index in [-0.39, 0.29) is 5.91 Å². The lowest BCUT2D eigenvalue weighted by molar-refractivity contribution is 0.0854. The second kappa shape index (κ2) is 6.45. The highest BCUT2D eigenvalue weighted by molar-refractivity contribution is 6.75. The maximum absolute atomic E-state index is 12.6. The third-order valence-electron chi connectivity index (χ3n) is 2.86. The van der Waals surface area contributed by atoms with E-state index in [0.717, 1.165) is 5.56 Å². The van der Waals surface area contributed by atoms with Crippen LogP contribution in [-0.4, -0.2) is 30.0 Å². The molecule has 0 aliphatic heterocycles. The van der Waals surface area contributed by atoms with Crippen LogP contribution in [0.5, 0.6) is 0 Å². The molecule has 0 aliphatic rings. The van der Waals surface area contributed by atoms with Crippen LogP contribution in [0.3, 0.4) is 0 Å². The molecule has 2 rings (SSSR count). The summed E-state index contributed by atoms with van der Waals surface area (Å²) in [7, 11) is -1.92. The van der Waals surface area contributed by atoms with E-state index in [9.17, 15) is 4.79 Å². The number of pyridine rings is 1. The maximum Gasteiger partial charge on any atom is 0.265 e. The van der Waals surface area contributed by atoms with Gasteiger partial charge in [-0.3, -0.25) is 14.5 Å². The Morgan fingerprint density at radius 1 is 1.14 bits per heavy atom. The van der Waals surface area contributed by atoms with Gasteiger partial charge in [-0.1, -0.05) is 24.3 Å². The molecule has 108 valence electrons. The largest absolute Gasteiger partial charge is 0.268 e. The number of hydrazone groups is 1. The summed E-state index contributed by atoms with van der Waals surface area (Å²) in [4.78, 5) is 16.7. The van der Waals surface area contributed by atoms with E-state index in [0.29, 0.717) is 5.56 Å². The second-order valence-electron chi connectivity index (χ2n) is 5.68. The lowest BCUT2D eigenvalue weighted by atomic mass is 10.2. The summed E-state index contributed by atoms with van der Waals surface area (Å²) in [6.07, 6.45) is 5.12. The Morgan fingerprint density at radius 2 is 1.86 bits per heavy atom. The van der Waals surface area contributed by atoms with Crippen molar-refractivity contribution in [1.82, 2.24) is 9.66 Å². The molecule has 0 N–H and O–H groups in total. The normalized spacial score (nSPS) is 11.6. The van der Waals surface area contributed by atoms with E-state index in [2.05, 4.69) is 29.7 Å². The fraction of sp³-hybridized carbons (Fsp3) is 0.188. The fourth-order valence-corrected chi connectivity index (χ4v) is 2.95. The minimum atomic E-state index is -1.92. The molecule has 0 aliphatic carbocycles. The second-order valence-corrected chi connectivity index (χ2v) is 10.4. The SMILES string of the molecule is C[Si](C)(C)N(/N=C/c1cccnc1)C(=O)c1ccccc1. The summed E-state index contributed by atoms with van der Waals surface area (Å²) in [5.74, 6) is -0.0603. The van der Waals surface area contributed by atoms with Crippen molar-refractivity contribution in [3.05, 3.63) is 66.0 Å². The van der Waals surface area contributed by atoms with Gasteiger partial charge >= 0.3 is 0 Å². The first-order valence-electron chi connectivity index (χ1n) is 6.82. The quantitative estimate of drug-likeness (QED) is 0.493. The van der Waals surface area contributed by atoms with Crippen LogP contribution >= 0.6 is 0 Å². The van der Waals surface area contributed by atoms with Gasteiger partial charge in [0.1, 0.15) is 0 Å². The molecule has 0 spiro atoms. The molecule has 21 heavy (non-hydrogen) atoms. The standard InChI is InChI=1S/C16H19N3OSi/c1-21(2,3)19(16(20)15-9-5-4-6-10-15)18-13-14-8-7-11-17-12-14/h4-13H,1-3H3/b18-13+. The molecule has 0 fully saturated rings. The zero-order chi connectivity index (χ0) is 15.3. The summed E-state index contributed by atoms with van der Waals surface area (Å²) >= 11 is 0. The minimum absolute atomic E-state index is 0.0603. The summed E-state index contributed by atoms with van der Waals surface area (Å²) in [6, 6.07) is 13.0. The van der Waals surface area contributed by atoms with E-state index < -0.39 is 8.24 Å². The van der Waals surface area contributed by atoms with Crippen LogP contribution in [0.4, 0.5) is 0 Å². The highest BCUT2D eigenvalue weighted by Gasteiger charge is 2.29. The monoisotopic (exact) mass is 297 g/mol. The van der Waals surface area contributed by atoms with Gasteiger partial charge < -0.3 is 0 Å². The molecule has 1 amide bonds. The van der Waals surface area contributed by atoms with E-state index in [1.165, 1.54) is 0 Å². The van der Waals surface area contributed by atoms with Gasteiger partial charge in [0.15, 0.2) is 8.24 Å². The lowest BCUT2D eigenvalue weighted by Gasteiger charge is -2.29. The summed E-state index contributed by atoms with van der Waals surface area (Å²) in [5, 5.41) is 4.42. The van der Waals surface area contributed by atoms with Crippen LogP contribution in [0, 0.1) is 0 Å². The van der Waals surface area contributed by atoms with Crippen LogP contribution in [0.1, 0.15) is 15.9 Å². The third kappa shape index (κ3) is 4.09. The molecule has 1 heterocycles. The summed E-state index contributed by atoms with van der Waals surface area (Å²) < 4.78 is 1.63. The van der Waals surface area contributed by atoms with Crippen molar-refractivity contribution < 1.29 is 4.79 Å². The minimum Gasteiger partial charge on any atom is -0.268 e. The number of carbonyl (C=O) groups is 1. The predicted molar refractivity (Wildman–Crippen MR) is 87.8 cm³/mol. The predicted octanol–water partition coefficient (Wildman–Crippen LogP) is 3.39. The molecule has 1 aromatic carbocycles. The Hall–Kier alpha value is -2.27. The number of amides is 1. The van der Waals surface area contributed by atoms with Crippen LogP contribution in [0.15, 0.2) is 60.0 Å². The zero-order valence-electron chi connectivity index (χ0n) is 12.5. The van der Waals surface area contributed by atoms with E-state index in [1.54, 1.807) is 23.3 Å². The lowest BCUT2D eigenvalue weighted by Crippen LogP contribution is -2.46. The van der Waals surface area contributed by atoms with E-state index in [4.69, 9.17) is 0 Å². The molecule has 5 heteroatoms. The first-order valence-corrected chi connectivity index (χ1v) is 10.3. The van der Waals surface area contributed by atoms with Gasteiger partial charge in [-0.2, -0.15) is 5.10 Å². The Kier molecular flexibility index (Phi) is 4.65. The number of hydrogen-bond acceptors (Lipinski definition) is 3. The van der Waals surface area contributed by atoms with Crippen molar-refractivity contribution in [1.29, 1.82) is 0 Å². The maximum atomic E-state index is 12.6. The number of aromatic nitrogens is 1. The van der Waals surface area contributed by atoms with Crippen molar-refractivity contribution in [2.45, 2.75) is 19.6 Å². The number of carbonyl (C=O) groups excluding carboxylic acids is 1. The number of rotatable bonds is 4. The summed E-state index contributed by atoms with van der Waals surface area (Å²) in [5.41, 5.74) is 1.53. The number of nitrogens with zero attached hydrogens (tertiary/aromatic N) is 3. The first-order chi connectivity index (χ1) is 9.98. The highest BCUT2D eigenvalue weighted by Crippen LogP contribution is 2.15. The third-order valence-corrected chi connectivity index (χ3v) is 4.44. The molecular weight excluding hydrogens is 278 g/mol. The van der Waals surface area contributed by atoms with Crippen molar-refractivity contribution in [2.24, 2.45) is 5.10 Å². The Morgan fingerprint density at radius 3 is 2.43 bits per heavy atom. The molecule has 0 radical (unpaired) electrons. The number of benzene rings is 1. The van der Waals surface area contributed by atoms with Crippen LogP contribution in [0.25, 0.3) is 0 Å². The zero-order valence-corrected chi connectivity index (χ0v) is 13.5. The van der Waals surface area contributed by atoms with Gasteiger partial charge in [0, 0.05) is 23.5 Å². The average molecular weight is 297 g/mol. The summed E-state index contributed by atoms with van der Waals surface area (Å²) in [6.45, 7) is 6.28. The van der Waals surface area contributed by atoms with E-state index >= 15 is 0 Å². The van der Waals surface area contributed by atoms with Crippen LogP contribution < -0.4 is 0 Å². The number of hydrogen-bond donors (Lipinski definition) is 0. The van der Waals surface area contributed by atoms with Crippen molar-refractivity contribution >= 4 is 20.4 Å². The Balaban J connectivity index is 2.28. The molecule has 0 unspecified atom stereocenters. The highest BCUT2D eigenvalue weighted by atomic mass is 28.3. The average Bonchev–Trinajstić information content (AvgIpc) is 2.48. The van der Waals surface area contributed by atoms with Crippen molar-refractivity contribution in [3.8, 4) is 0 Å². The Bertz CT molecular complexity index is 621. The van der Waals surface area contributed by atoms with E-state index in [1.807, 2.05) is 42.5 Å². The molecule has 0 bridgehead atoms. The van der Waals surface area contributed by atoms with Gasteiger partial charge in [-0.25, -0.2) is 0 Å². The molecule has 0 saturated heterocycles. The van der Waals surface area contributed by atoms with Gasteiger partial charge in [-0.15, -0.1) is 0 Å². The molecule has 1 aromatic heterocycles. The molecule has 0 saturated carbocycles. The van der Waals surface area contributed by atoms with Gasteiger partial charge in [0.2, 0.25) is 0 Å². The smallest absolute Gasteiger partial charge is 0.265 e. The molecular formula is C16H19N3OSi. The van der Waals surface area contributed by atoms with Crippen LogP contribution in [0.2, 0.25) is 19.6 Å². The van der Waals surface area contributed by atoms with Crippen molar-refractivity contribution in [3.63, 3.8) is 0 Å². The van der Waals surface area contributed by atoms with Gasteiger partial charge in [0.05, 0.1) is 6.21 Å². The molecule has 2 aromatic rings. The van der Waals surface area contributed by atoms with Crippen LogP contribution in [-0.2, 0) is 0 Å². The Labute approximate surface area is 126 Å².